The molecular formula is C17H30O4. The van der Waals surface area contributed by atoms with Gasteiger partial charge in [-0.05, 0) is 60.3 Å². The van der Waals surface area contributed by atoms with Gasteiger partial charge in [-0.15, -0.1) is 0 Å². The highest BCUT2D eigenvalue weighted by Crippen LogP contribution is 2.34. The Hall–Kier alpha value is -1.06. The monoisotopic (exact) mass is 298 g/mol. The zero-order valence-corrected chi connectivity index (χ0v) is 14.3. The molecule has 1 aliphatic rings. The molecule has 21 heavy (non-hydrogen) atoms. The van der Waals surface area contributed by atoms with E-state index in [4.69, 9.17) is 9.47 Å². The maximum absolute atomic E-state index is 12.2. The Morgan fingerprint density at radius 3 is 2.24 bits per heavy atom. The van der Waals surface area contributed by atoms with Crippen molar-refractivity contribution < 1.29 is 19.1 Å². The highest BCUT2D eigenvalue weighted by atomic mass is 16.6. The highest BCUT2D eigenvalue weighted by molar-refractivity contribution is 5.76. The third-order valence-corrected chi connectivity index (χ3v) is 4.13. The maximum Gasteiger partial charge on any atom is 0.311 e. The largest absolute Gasteiger partial charge is 0.462 e. The van der Waals surface area contributed by atoms with E-state index in [9.17, 15) is 9.59 Å². The second-order valence-corrected chi connectivity index (χ2v) is 7.66. The van der Waals surface area contributed by atoms with E-state index >= 15 is 0 Å². The SMILES string of the molecule is CCC(C)(C)C(=O)OC1CCCC1CC(=O)OC(C)(C)C. The minimum absolute atomic E-state index is 0.0939. The molecule has 0 amide bonds. The Bertz CT molecular complexity index is 379. The van der Waals surface area contributed by atoms with E-state index in [1.807, 2.05) is 41.5 Å². The first-order chi connectivity index (χ1) is 9.55. The molecule has 1 saturated carbocycles. The predicted octanol–water partition coefficient (Wildman–Crippen LogP) is 3.87. The first-order valence-corrected chi connectivity index (χ1v) is 7.98. The van der Waals surface area contributed by atoms with Crippen molar-refractivity contribution in [1.29, 1.82) is 0 Å². The zero-order valence-electron chi connectivity index (χ0n) is 14.3. The van der Waals surface area contributed by atoms with Crippen molar-refractivity contribution >= 4 is 11.9 Å². The van der Waals surface area contributed by atoms with E-state index in [2.05, 4.69) is 0 Å². The van der Waals surface area contributed by atoms with E-state index in [0.29, 0.717) is 6.42 Å². The fourth-order valence-electron chi connectivity index (χ4n) is 2.43. The molecule has 2 unspecified atom stereocenters. The second kappa shape index (κ2) is 6.80. The van der Waals surface area contributed by atoms with Crippen LogP contribution in [0.2, 0.25) is 0 Å². The minimum Gasteiger partial charge on any atom is -0.462 e. The minimum atomic E-state index is -0.466. The van der Waals surface area contributed by atoms with Gasteiger partial charge in [0, 0.05) is 5.92 Å². The van der Waals surface area contributed by atoms with Gasteiger partial charge >= 0.3 is 11.9 Å². The third kappa shape index (κ3) is 5.68. The Kier molecular flexibility index (Phi) is 5.83. The second-order valence-electron chi connectivity index (χ2n) is 7.66. The van der Waals surface area contributed by atoms with Gasteiger partial charge in [0.1, 0.15) is 11.7 Å². The molecule has 0 aromatic heterocycles. The quantitative estimate of drug-likeness (QED) is 0.723. The van der Waals surface area contributed by atoms with E-state index in [1.54, 1.807) is 0 Å². The van der Waals surface area contributed by atoms with Crippen LogP contribution in [0.25, 0.3) is 0 Å². The summed E-state index contributed by atoms with van der Waals surface area (Å²) in [5.41, 5.74) is -0.925. The summed E-state index contributed by atoms with van der Waals surface area (Å²) in [4.78, 5) is 24.1. The fourth-order valence-corrected chi connectivity index (χ4v) is 2.43. The van der Waals surface area contributed by atoms with Gasteiger partial charge in [0.2, 0.25) is 0 Å². The first kappa shape index (κ1) is 18.0. The molecule has 0 N–H and O–H groups in total. The molecule has 1 rings (SSSR count). The average Bonchev–Trinajstić information content (AvgIpc) is 2.73. The summed E-state index contributed by atoms with van der Waals surface area (Å²) in [5, 5.41) is 0. The van der Waals surface area contributed by atoms with Gasteiger partial charge in [-0.3, -0.25) is 9.59 Å². The van der Waals surface area contributed by atoms with Crippen LogP contribution in [0.1, 0.15) is 73.6 Å². The fraction of sp³-hybridized carbons (Fsp3) is 0.882. The molecule has 4 heteroatoms. The summed E-state index contributed by atoms with van der Waals surface area (Å²) >= 11 is 0. The number of hydrogen-bond donors (Lipinski definition) is 0. The molecule has 122 valence electrons. The van der Waals surface area contributed by atoms with Crippen molar-refractivity contribution in [2.75, 3.05) is 0 Å². The Morgan fingerprint density at radius 2 is 1.71 bits per heavy atom. The number of ether oxygens (including phenoxy) is 2. The highest BCUT2D eigenvalue weighted by Gasteiger charge is 2.36. The summed E-state index contributed by atoms with van der Waals surface area (Å²) in [5.74, 6) is -0.271. The lowest BCUT2D eigenvalue weighted by Gasteiger charge is -2.27. The number of carbonyl (C=O) groups excluding carboxylic acids is 2. The van der Waals surface area contributed by atoms with Gasteiger partial charge in [0.25, 0.3) is 0 Å². The van der Waals surface area contributed by atoms with Crippen LogP contribution in [0.3, 0.4) is 0 Å². The molecule has 0 aromatic rings. The van der Waals surface area contributed by atoms with Crippen molar-refractivity contribution in [1.82, 2.24) is 0 Å². The van der Waals surface area contributed by atoms with Gasteiger partial charge in [-0.25, -0.2) is 0 Å². The van der Waals surface area contributed by atoms with Crippen LogP contribution in [0.15, 0.2) is 0 Å². The van der Waals surface area contributed by atoms with E-state index in [1.165, 1.54) is 0 Å². The van der Waals surface area contributed by atoms with Crippen molar-refractivity contribution in [3.8, 4) is 0 Å². The van der Waals surface area contributed by atoms with Gasteiger partial charge < -0.3 is 9.47 Å². The molecular weight excluding hydrogens is 268 g/mol. The van der Waals surface area contributed by atoms with Crippen molar-refractivity contribution in [2.45, 2.75) is 85.4 Å². The standard InChI is InChI=1S/C17H30O4/c1-7-17(5,6)15(19)20-13-10-8-9-12(13)11-14(18)21-16(2,3)4/h12-13H,7-11H2,1-6H3. The van der Waals surface area contributed by atoms with Gasteiger partial charge in [-0.2, -0.15) is 0 Å². The number of rotatable bonds is 5. The lowest BCUT2D eigenvalue weighted by molar-refractivity contribution is -0.165. The molecule has 1 fully saturated rings. The van der Waals surface area contributed by atoms with Crippen molar-refractivity contribution in [3.63, 3.8) is 0 Å². The van der Waals surface area contributed by atoms with Crippen LogP contribution in [-0.4, -0.2) is 23.6 Å². The van der Waals surface area contributed by atoms with Crippen LogP contribution in [0, 0.1) is 11.3 Å². The molecule has 0 aliphatic heterocycles. The smallest absolute Gasteiger partial charge is 0.311 e. The lowest BCUT2D eigenvalue weighted by Crippen LogP contribution is -2.33. The third-order valence-electron chi connectivity index (χ3n) is 4.13. The lowest BCUT2D eigenvalue weighted by atomic mass is 9.90. The average molecular weight is 298 g/mol. The normalized spacial score (nSPS) is 23.0. The number of carbonyl (C=O) groups is 2. The van der Waals surface area contributed by atoms with Gasteiger partial charge in [-0.1, -0.05) is 6.92 Å². The molecule has 0 heterocycles. The molecule has 4 nitrogen and oxygen atoms in total. The first-order valence-electron chi connectivity index (χ1n) is 7.98. The molecule has 0 spiro atoms. The van der Waals surface area contributed by atoms with E-state index in [-0.39, 0.29) is 24.0 Å². The summed E-state index contributed by atoms with van der Waals surface area (Å²) in [6, 6.07) is 0. The summed E-state index contributed by atoms with van der Waals surface area (Å²) in [6.07, 6.45) is 3.70. The van der Waals surface area contributed by atoms with Crippen LogP contribution < -0.4 is 0 Å². The molecule has 2 atom stereocenters. The van der Waals surface area contributed by atoms with Gasteiger partial charge in [0.15, 0.2) is 0 Å². The van der Waals surface area contributed by atoms with Crippen LogP contribution in [-0.2, 0) is 19.1 Å². The van der Waals surface area contributed by atoms with Gasteiger partial charge in [0.05, 0.1) is 11.8 Å². The Balaban J connectivity index is 2.56. The molecule has 0 radical (unpaired) electrons. The summed E-state index contributed by atoms with van der Waals surface area (Å²) in [6.45, 7) is 11.4. The van der Waals surface area contributed by atoms with E-state index in [0.717, 1.165) is 25.7 Å². The molecule has 0 aromatic carbocycles. The molecule has 0 bridgehead atoms. The molecule has 0 saturated heterocycles. The Labute approximate surface area is 128 Å². The maximum atomic E-state index is 12.2. The summed E-state index contributed by atoms with van der Waals surface area (Å²) in [7, 11) is 0. The van der Waals surface area contributed by atoms with Crippen LogP contribution in [0.5, 0.6) is 0 Å². The van der Waals surface area contributed by atoms with Crippen molar-refractivity contribution in [2.24, 2.45) is 11.3 Å². The topological polar surface area (TPSA) is 52.6 Å². The zero-order chi connectivity index (χ0) is 16.3. The van der Waals surface area contributed by atoms with Crippen molar-refractivity contribution in [3.05, 3.63) is 0 Å². The number of esters is 2. The van der Waals surface area contributed by atoms with Crippen LogP contribution in [0.4, 0.5) is 0 Å². The predicted molar refractivity (Wildman–Crippen MR) is 81.8 cm³/mol. The van der Waals surface area contributed by atoms with Crippen LogP contribution >= 0.6 is 0 Å². The Morgan fingerprint density at radius 1 is 1.10 bits per heavy atom. The molecule has 1 aliphatic carbocycles. The summed E-state index contributed by atoms with van der Waals surface area (Å²) < 4.78 is 11.0. The number of hydrogen-bond acceptors (Lipinski definition) is 4. The van der Waals surface area contributed by atoms with E-state index < -0.39 is 11.0 Å².